The van der Waals surface area contributed by atoms with Gasteiger partial charge < -0.3 is 9.87 Å². The molecule has 4 nitrogen and oxygen atoms in total. The molecule has 108 valence electrons. The van der Waals surface area contributed by atoms with Crippen LogP contribution in [0.4, 0.5) is 0 Å². The summed E-state index contributed by atoms with van der Waals surface area (Å²) in [5, 5.41) is 2.16. The Hall–Kier alpha value is -1.69. The van der Waals surface area contributed by atoms with Gasteiger partial charge in [0.1, 0.15) is 16.7 Å². The number of rotatable bonds is 3. The minimum absolute atomic E-state index is 0.178. The largest absolute Gasteiger partial charge is 0.744 e. The van der Waals surface area contributed by atoms with Gasteiger partial charge in [0, 0.05) is 5.56 Å². The molecule has 0 fully saturated rings. The molecule has 5 heteroatoms. The second-order valence-electron chi connectivity index (χ2n) is 4.37. The van der Waals surface area contributed by atoms with Crippen LogP contribution in [0.3, 0.4) is 0 Å². The van der Waals surface area contributed by atoms with E-state index in [0.29, 0.717) is 0 Å². The van der Waals surface area contributed by atoms with Crippen molar-refractivity contribution in [3.05, 3.63) is 65.7 Å². The van der Waals surface area contributed by atoms with E-state index < -0.39 is 10.1 Å². The molecule has 2 rings (SSSR count). The van der Waals surface area contributed by atoms with Crippen LogP contribution in [-0.4, -0.2) is 20.0 Å². The average molecular weight is 293 g/mol. The van der Waals surface area contributed by atoms with Crippen molar-refractivity contribution in [3.8, 4) is 0 Å². The summed E-state index contributed by atoms with van der Waals surface area (Å²) in [7, 11) is -2.19. The summed E-state index contributed by atoms with van der Waals surface area (Å²) in [5.74, 6) is 0. The van der Waals surface area contributed by atoms with Crippen molar-refractivity contribution in [1.82, 2.24) is 0 Å². The summed E-state index contributed by atoms with van der Waals surface area (Å²) in [5.41, 5.74) is 2.32. The fourth-order valence-corrected chi connectivity index (χ4v) is 2.02. The fourth-order valence-electron chi connectivity index (χ4n) is 1.55. The molecule has 0 unspecified atom stereocenters. The maximum atomic E-state index is 10.4. The van der Waals surface area contributed by atoms with Gasteiger partial charge in [-0.15, -0.1) is 0 Å². The van der Waals surface area contributed by atoms with Crippen molar-refractivity contribution < 1.29 is 18.3 Å². The number of aryl methyl sites for hydroxylation is 1. The van der Waals surface area contributed by atoms with Gasteiger partial charge >= 0.3 is 0 Å². The van der Waals surface area contributed by atoms with Gasteiger partial charge in [-0.1, -0.05) is 48.0 Å². The predicted molar refractivity (Wildman–Crippen MR) is 77.1 cm³/mol. The third-order valence-electron chi connectivity index (χ3n) is 2.59. The lowest BCUT2D eigenvalue weighted by Gasteiger charge is -2.05. The van der Waals surface area contributed by atoms with Crippen molar-refractivity contribution in [2.24, 2.45) is 0 Å². The van der Waals surface area contributed by atoms with Crippen molar-refractivity contribution in [1.29, 1.82) is 0 Å². The number of benzene rings is 2. The SMILES string of the molecule is C[NH2+]Cc1ccccc1.Cc1ccc(S(=O)(=O)[O-])cc1. The molecule has 0 radical (unpaired) electrons. The van der Waals surface area contributed by atoms with Gasteiger partial charge in [-0.05, 0) is 19.1 Å². The highest BCUT2D eigenvalue weighted by molar-refractivity contribution is 7.85. The molecule has 0 bridgehead atoms. The van der Waals surface area contributed by atoms with Crippen molar-refractivity contribution >= 4 is 10.1 Å². The fraction of sp³-hybridized carbons (Fsp3) is 0.200. The minimum Gasteiger partial charge on any atom is -0.744 e. The quantitative estimate of drug-likeness (QED) is 0.866. The Morgan fingerprint density at radius 3 is 2.00 bits per heavy atom. The van der Waals surface area contributed by atoms with Crippen LogP contribution >= 0.6 is 0 Å². The van der Waals surface area contributed by atoms with Gasteiger partial charge in [-0.25, -0.2) is 8.42 Å². The smallest absolute Gasteiger partial charge is 0.124 e. The zero-order chi connectivity index (χ0) is 15.0. The Morgan fingerprint density at radius 2 is 1.55 bits per heavy atom. The van der Waals surface area contributed by atoms with Crippen LogP contribution in [0, 0.1) is 6.92 Å². The lowest BCUT2D eigenvalue weighted by Crippen LogP contribution is -2.77. The summed E-state index contributed by atoms with van der Waals surface area (Å²) < 4.78 is 31.2. The summed E-state index contributed by atoms with van der Waals surface area (Å²) in [6, 6.07) is 16.2. The molecule has 0 saturated heterocycles. The maximum Gasteiger partial charge on any atom is 0.124 e. The van der Waals surface area contributed by atoms with Gasteiger partial charge in [0.05, 0.1) is 11.9 Å². The van der Waals surface area contributed by atoms with Crippen LogP contribution in [0.1, 0.15) is 11.1 Å². The Kier molecular flexibility index (Phi) is 6.38. The standard InChI is InChI=1S/C8H11N.C7H8O3S/c1-9-7-8-5-3-2-4-6-8;1-6-2-4-7(5-3-6)11(8,9)10/h2-6,9H,7H2,1H3;2-5H,1H3,(H,8,9,10). The zero-order valence-electron chi connectivity index (χ0n) is 11.6. The first-order valence-electron chi connectivity index (χ1n) is 6.28. The molecule has 0 heterocycles. The highest BCUT2D eigenvalue weighted by Gasteiger charge is 1.97. The number of hydrogen-bond donors (Lipinski definition) is 1. The van der Waals surface area contributed by atoms with Crippen molar-refractivity contribution in [2.45, 2.75) is 18.4 Å². The molecular weight excluding hydrogens is 274 g/mol. The Morgan fingerprint density at radius 1 is 1.00 bits per heavy atom. The molecule has 2 aromatic carbocycles. The number of hydrogen-bond acceptors (Lipinski definition) is 3. The highest BCUT2D eigenvalue weighted by atomic mass is 32.2. The summed E-state index contributed by atoms with van der Waals surface area (Å²) in [4.78, 5) is -0.178. The molecule has 0 aromatic heterocycles. The van der Waals surface area contributed by atoms with Crippen molar-refractivity contribution in [2.75, 3.05) is 7.05 Å². The normalized spacial score (nSPS) is 10.6. The third kappa shape index (κ3) is 5.97. The molecule has 0 saturated carbocycles. The van der Waals surface area contributed by atoms with Gasteiger partial charge in [-0.2, -0.15) is 0 Å². The van der Waals surface area contributed by atoms with E-state index in [1.807, 2.05) is 13.0 Å². The maximum absolute atomic E-state index is 10.4. The van der Waals surface area contributed by atoms with E-state index in [9.17, 15) is 13.0 Å². The highest BCUT2D eigenvalue weighted by Crippen LogP contribution is 2.08. The Balaban J connectivity index is 0.000000204. The lowest BCUT2D eigenvalue weighted by molar-refractivity contribution is -0.643. The van der Waals surface area contributed by atoms with E-state index in [0.717, 1.165) is 12.1 Å². The first-order valence-corrected chi connectivity index (χ1v) is 7.68. The van der Waals surface area contributed by atoms with Crippen LogP contribution < -0.4 is 5.32 Å². The molecule has 2 N–H and O–H groups in total. The monoisotopic (exact) mass is 293 g/mol. The summed E-state index contributed by atoms with van der Waals surface area (Å²) in [6.45, 7) is 2.90. The number of nitrogens with two attached hydrogens (primary N) is 1. The third-order valence-corrected chi connectivity index (χ3v) is 3.44. The zero-order valence-corrected chi connectivity index (χ0v) is 12.4. The van der Waals surface area contributed by atoms with Crippen LogP contribution in [0.25, 0.3) is 0 Å². The molecule has 0 atom stereocenters. The molecule has 0 amide bonds. The van der Waals surface area contributed by atoms with E-state index >= 15 is 0 Å². The Bertz CT molecular complexity index is 607. The second kappa shape index (κ2) is 7.79. The lowest BCUT2D eigenvalue weighted by atomic mass is 10.2. The summed E-state index contributed by atoms with van der Waals surface area (Å²) >= 11 is 0. The molecular formula is C15H19NO3S. The Labute approximate surface area is 120 Å². The molecule has 20 heavy (non-hydrogen) atoms. The van der Waals surface area contributed by atoms with Crippen LogP contribution in [0.15, 0.2) is 59.5 Å². The van der Waals surface area contributed by atoms with E-state index in [4.69, 9.17) is 0 Å². The van der Waals surface area contributed by atoms with E-state index in [1.54, 1.807) is 12.1 Å². The van der Waals surface area contributed by atoms with Crippen LogP contribution in [0.2, 0.25) is 0 Å². The van der Waals surface area contributed by atoms with Crippen LogP contribution in [0.5, 0.6) is 0 Å². The first kappa shape index (κ1) is 16.4. The summed E-state index contributed by atoms with van der Waals surface area (Å²) in [6.07, 6.45) is 0. The molecule has 0 aliphatic rings. The van der Waals surface area contributed by atoms with Gasteiger partial charge in [-0.3, -0.25) is 0 Å². The molecule has 0 aliphatic heterocycles. The number of quaternary nitrogens is 1. The topological polar surface area (TPSA) is 73.8 Å². The van der Waals surface area contributed by atoms with E-state index in [2.05, 4.69) is 36.6 Å². The predicted octanol–water partition coefficient (Wildman–Crippen LogP) is 1.28. The van der Waals surface area contributed by atoms with Gasteiger partial charge in [0.25, 0.3) is 0 Å². The second-order valence-corrected chi connectivity index (χ2v) is 5.74. The minimum atomic E-state index is -4.27. The average Bonchev–Trinajstić information content (AvgIpc) is 2.40. The van der Waals surface area contributed by atoms with E-state index in [1.165, 1.54) is 17.7 Å². The van der Waals surface area contributed by atoms with Gasteiger partial charge in [0.15, 0.2) is 0 Å². The van der Waals surface area contributed by atoms with Gasteiger partial charge in [0.2, 0.25) is 0 Å². The van der Waals surface area contributed by atoms with Crippen LogP contribution in [-0.2, 0) is 16.7 Å². The van der Waals surface area contributed by atoms with Crippen molar-refractivity contribution in [3.63, 3.8) is 0 Å². The molecule has 2 aromatic rings. The molecule has 0 spiro atoms. The van der Waals surface area contributed by atoms with E-state index in [-0.39, 0.29) is 4.90 Å². The molecule has 0 aliphatic carbocycles. The first-order chi connectivity index (χ1) is 9.43.